The average Bonchev–Trinajstić information content (AvgIpc) is 3.51. The Hall–Kier alpha value is -3.16. The van der Waals surface area contributed by atoms with Crippen molar-refractivity contribution in [3.05, 3.63) is 47.3 Å². The number of benzene rings is 1. The van der Waals surface area contributed by atoms with Crippen molar-refractivity contribution in [2.75, 3.05) is 31.1 Å². The van der Waals surface area contributed by atoms with E-state index in [-0.39, 0.29) is 29.7 Å². The molecule has 0 saturated carbocycles. The van der Waals surface area contributed by atoms with Crippen LogP contribution in [-0.4, -0.2) is 63.9 Å². The molecule has 2 aromatic rings. The average molecular weight is 450 g/mol. The fraction of sp³-hybridized carbons (Fsp3) is 0.520. The maximum atomic E-state index is 13.4. The monoisotopic (exact) mass is 449 g/mol. The lowest BCUT2D eigenvalue weighted by Gasteiger charge is -2.39. The second-order valence-electron chi connectivity index (χ2n) is 9.37. The number of nitrogens with one attached hydrogen (secondary N) is 1. The number of H-pyrrole nitrogens is 1. The minimum Gasteiger partial charge on any atom is -0.343 e. The van der Waals surface area contributed by atoms with Gasteiger partial charge < -0.3 is 14.7 Å². The number of rotatable bonds is 3. The third-order valence-electron chi connectivity index (χ3n) is 7.38. The van der Waals surface area contributed by atoms with Crippen LogP contribution in [-0.2, 0) is 16.0 Å². The number of fused-ring (bicyclic) bond motifs is 1. The van der Waals surface area contributed by atoms with Crippen molar-refractivity contribution < 1.29 is 14.4 Å². The van der Waals surface area contributed by atoms with E-state index in [1.807, 2.05) is 34.1 Å². The number of para-hydroxylation sites is 1. The summed E-state index contributed by atoms with van der Waals surface area (Å²) < 4.78 is 0. The maximum Gasteiger partial charge on any atom is 0.278 e. The van der Waals surface area contributed by atoms with Gasteiger partial charge in [0.15, 0.2) is 5.69 Å². The van der Waals surface area contributed by atoms with Gasteiger partial charge in [0.1, 0.15) is 0 Å². The fourth-order valence-electron chi connectivity index (χ4n) is 5.50. The number of anilines is 1. The lowest BCUT2D eigenvalue weighted by atomic mass is 9.91. The Morgan fingerprint density at radius 1 is 1.00 bits per heavy atom. The topological polar surface area (TPSA) is 89.6 Å². The summed E-state index contributed by atoms with van der Waals surface area (Å²) in [5, 5.41) is 7.42. The van der Waals surface area contributed by atoms with Crippen molar-refractivity contribution >= 4 is 23.4 Å². The van der Waals surface area contributed by atoms with Crippen LogP contribution in [0.25, 0.3) is 0 Å². The Kier molecular flexibility index (Phi) is 5.91. The lowest BCUT2D eigenvalue weighted by Crippen LogP contribution is -2.46. The highest BCUT2D eigenvalue weighted by atomic mass is 16.2. The van der Waals surface area contributed by atoms with Gasteiger partial charge in [0.05, 0.1) is 11.7 Å². The lowest BCUT2D eigenvalue weighted by molar-refractivity contribution is -0.143. The van der Waals surface area contributed by atoms with Crippen LogP contribution in [0.4, 0.5) is 5.69 Å². The van der Waals surface area contributed by atoms with Crippen molar-refractivity contribution in [1.29, 1.82) is 0 Å². The Morgan fingerprint density at radius 3 is 2.58 bits per heavy atom. The van der Waals surface area contributed by atoms with Gasteiger partial charge in [0.2, 0.25) is 11.8 Å². The highest BCUT2D eigenvalue weighted by Crippen LogP contribution is 2.34. The summed E-state index contributed by atoms with van der Waals surface area (Å²) >= 11 is 0. The molecular formula is C25H31N5O3. The van der Waals surface area contributed by atoms with Gasteiger partial charge in [-0.2, -0.15) is 5.10 Å². The van der Waals surface area contributed by atoms with Crippen LogP contribution < -0.4 is 4.90 Å². The Balaban J connectivity index is 1.30. The first-order valence-electron chi connectivity index (χ1n) is 12.0. The van der Waals surface area contributed by atoms with Gasteiger partial charge in [0, 0.05) is 44.7 Å². The molecule has 0 spiro atoms. The maximum absolute atomic E-state index is 13.4. The van der Waals surface area contributed by atoms with Gasteiger partial charge in [-0.15, -0.1) is 0 Å². The highest BCUT2D eigenvalue weighted by molar-refractivity contribution is 6.06. The van der Waals surface area contributed by atoms with Crippen LogP contribution in [0, 0.1) is 5.92 Å². The first kappa shape index (κ1) is 21.7. The zero-order valence-corrected chi connectivity index (χ0v) is 19.1. The molecule has 3 amide bonds. The second-order valence-corrected chi connectivity index (χ2v) is 9.37. The van der Waals surface area contributed by atoms with E-state index >= 15 is 0 Å². The normalized spacial score (nSPS) is 21.2. The second kappa shape index (κ2) is 9.00. The standard InChI is InChI=1S/C25H31N5O3/c1-17(31)28-13-9-19(10-14-28)24(32)29-12-5-4-8-23(29)20-16-21(27-26-20)25(33)30-15-11-18-6-2-3-7-22(18)30/h2-3,6-7,16,19,23H,4-5,8-15H2,1H3,(H,26,27). The first-order chi connectivity index (χ1) is 16.0. The number of nitrogens with zero attached hydrogens (tertiary/aromatic N) is 4. The minimum atomic E-state index is -0.104. The summed E-state index contributed by atoms with van der Waals surface area (Å²) in [6.45, 7) is 4.25. The van der Waals surface area contributed by atoms with Crippen molar-refractivity contribution in [1.82, 2.24) is 20.0 Å². The van der Waals surface area contributed by atoms with E-state index in [9.17, 15) is 14.4 Å². The largest absolute Gasteiger partial charge is 0.343 e. The molecule has 0 aliphatic carbocycles. The van der Waals surface area contributed by atoms with Crippen molar-refractivity contribution in [2.24, 2.45) is 5.92 Å². The Morgan fingerprint density at radius 2 is 1.79 bits per heavy atom. The van der Waals surface area contributed by atoms with Crippen molar-refractivity contribution in [3.8, 4) is 0 Å². The number of likely N-dealkylation sites (tertiary alicyclic amines) is 2. The van der Waals surface area contributed by atoms with E-state index in [0.717, 1.165) is 43.6 Å². The van der Waals surface area contributed by atoms with Crippen LogP contribution in [0.3, 0.4) is 0 Å². The van der Waals surface area contributed by atoms with E-state index in [1.54, 1.807) is 11.8 Å². The molecule has 1 N–H and O–H groups in total. The summed E-state index contributed by atoms with van der Waals surface area (Å²) in [6, 6.07) is 9.73. The van der Waals surface area contributed by atoms with E-state index < -0.39 is 0 Å². The third-order valence-corrected chi connectivity index (χ3v) is 7.38. The Labute approximate surface area is 193 Å². The minimum absolute atomic E-state index is 0.0497. The highest BCUT2D eigenvalue weighted by Gasteiger charge is 2.36. The zero-order valence-electron chi connectivity index (χ0n) is 19.1. The smallest absolute Gasteiger partial charge is 0.278 e. The summed E-state index contributed by atoms with van der Waals surface area (Å²) in [6.07, 6.45) is 5.16. The predicted octanol–water partition coefficient (Wildman–Crippen LogP) is 2.92. The predicted molar refractivity (Wildman–Crippen MR) is 124 cm³/mol. The molecule has 5 rings (SSSR count). The van der Waals surface area contributed by atoms with Gasteiger partial charge in [-0.25, -0.2) is 0 Å². The molecule has 2 fully saturated rings. The number of carbonyl (C=O) groups excluding carboxylic acids is 3. The van der Waals surface area contributed by atoms with Crippen LogP contribution in [0.2, 0.25) is 0 Å². The molecule has 174 valence electrons. The molecular weight excluding hydrogens is 418 g/mol. The van der Waals surface area contributed by atoms with E-state index in [0.29, 0.717) is 38.2 Å². The van der Waals surface area contributed by atoms with Crippen molar-refractivity contribution in [3.63, 3.8) is 0 Å². The molecule has 3 aliphatic heterocycles. The molecule has 2 saturated heterocycles. The molecule has 3 aliphatic rings. The molecule has 8 heteroatoms. The van der Waals surface area contributed by atoms with Crippen LogP contribution in [0.1, 0.15) is 66.8 Å². The molecule has 1 aromatic carbocycles. The number of aromatic nitrogens is 2. The van der Waals surface area contributed by atoms with E-state index in [2.05, 4.69) is 16.3 Å². The van der Waals surface area contributed by atoms with Crippen LogP contribution in [0.5, 0.6) is 0 Å². The first-order valence-corrected chi connectivity index (χ1v) is 12.0. The summed E-state index contributed by atoms with van der Waals surface area (Å²) in [5.74, 6) is 0.0879. The number of amides is 3. The van der Waals surface area contributed by atoms with Gasteiger partial charge in [-0.1, -0.05) is 18.2 Å². The van der Waals surface area contributed by atoms with Crippen LogP contribution >= 0.6 is 0 Å². The Bertz CT molecular complexity index is 1060. The summed E-state index contributed by atoms with van der Waals surface area (Å²) in [5.41, 5.74) is 3.37. The molecule has 4 heterocycles. The molecule has 33 heavy (non-hydrogen) atoms. The molecule has 1 aromatic heterocycles. The molecule has 1 atom stereocenters. The number of hydrogen-bond acceptors (Lipinski definition) is 4. The summed E-state index contributed by atoms with van der Waals surface area (Å²) in [7, 11) is 0. The van der Waals surface area contributed by atoms with E-state index in [4.69, 9.17) is 0 Å². The van der Waals surface area contributed by atoms with Gasteiger partial charge >= 0.3 is 0 Å². The van der Waals surface area contributed by atoms with Gasteiger partial charge in [0.25, 0.3) is 5.91 Å². The molecule has 0 radical (unpaired) electrons. The van der Waals surface area contributed by atoms with Crippen LogP contribution in [0.15, 0.2) is 30.3 Å². The number of carbonyl (C=O) groups is 3. The quantitative estimate of drug-likeness (QED) is 0.780. The third kappa shape index (κ3) is 4.14. The molecule has 1 unspecified atom stereocenters. The number of hydrogen-bond donors (Lipinski definition) is 1. The van der Waals surface area contributed by atoms with Gasteiger partial charge in [-0.05, 0) is 56.2 Å². The fourth-order valence-corrected chi connectivity index (χ4v) is 5.50. The van der Waals surface area contributed by atoms with Crippen molar-refractivity contribution in [2.45, 2.75) is 51.5 Å². The SMILES string of the molecule is CC(=O)N1CCC(C(=O)N2CCCCC2c2cc(C(=O)N3CCc4ccccc43)n[nH]2)CC1. The van der Waals surface area contributed by atoms with E-state index in [1.165, 1.54) is 5.56 Å². The number of piperidine rings is 2. The zero-order chi connectivity index (χ0) is 22.9. The van der Waals surface area contributed by atoms with Gasteiger partial charge in [-0.3, -0.25) is 19.5 Å². The molecule has 8 nitrogen and oxygen atoms in total. The number of aromatic amines is 1. The summed E-state index contributed by atoms with van der Waals surface area (Å²) in [4.78, 5) is 43.8. The molecule has 0 bridgehead atoms.